The van der Waals surface area contributed by atoms with Crippen LogP contribution in [0, 0.1) is 0 Å². The molecule has 0 aliphatic carbocycles. The molecule has 1 unspecified atom stereocenters. The van der Waals surface area contributed by atoms with E-state index in [0.717, 1.165) is 5.56 Å². The second-order valence-electron chi connectivity index (χ2n) is 7.63. The Morgan fingerprint density at radius 1 is 1.04 bits per heavy atom. The molecule has 0 aromatic heterocycles. The lowest BCUT2D eigenvalue weighted by Crippen LogP contribution is -2.53. The second-order valence-corrected chi connectivity index (χ2v) is 7.63. The molecule has 0 radical (unpaired) electrons. The molecular formula is C18H28N2O3. The molecule has 0 spiro atoms. The van der Waals surface area contributed by atoms with Gasteiger partial charge in [-0.25, -0.2) is 4.79 Å². The highest BCUT2D eigenvalue weighted by atomic mass is 16.6. The summed E-state index contributed by atoms with van der Waals surface area (Å²) >= 11 is 0. The molecule has 5 nitrogen and oxygen atoms in total. The standard InChI is InChI=1S/C18H28N2O3/c1-17(2,3)20-15(21)14(12-13-10-8-7-9-11-13)19-16(22)23-18(4,5)6/h7-11,14H,12H2,1-6H3,(H,19,22)(H,20,21). The Kier molecular flexibility index (Phi) is 6.19. The van der Waals surface area contributed by atoms with Gasteiger partial charge in [0.2, 0.25) is 5.91 Å². The van der Waals surface area contributed by atoms with Gasteiger partial charge in [-0.1, -0.05) is 30.3 Å². The van der Waals surface area contributed by atoms with Gasteiger partial charge in [0.1, 0.15) is 11.6 Å². The Hall–Kier alpha value is -2.04. The van der Waals surface area contributed by atoms with Gasteiger partial charge in [-0.05, 0) is 47.1 Å². The van der Waals surface area contributed by atoms with Crippen molar-refractivity contribution in [2.24, 2.45) is 0 Å². The molecule has 0 bridgehead atoms. The van der Waals surface area contributed by atoms with Gasteiger partial charge >= 0.3 is 6.09 Å². The lowest BCUT2D eigenvalue weighted by atomic mass is 10.0. The molecule has 1 aromatic rings. The number of amides is 2. The van der Waals surface area contributed by atoms with E-state index in [1.54, 1.807) is 20.8 Å². The van der Waals surface area contributed by atoms with Gasteiger partial charge in [0, 0.05) is 12.0 Å². The van der Waals surface area contributed by atoms with Crippen LogP contribution in [0.25, 0.3) is 0 Å². The fourth-order valence-corrected chi connectivity index (χ4v) is 1.97. The molecule has 0 aliphatic heterocycles. The predicted molar refractivity (Wildman–Crippen MR) is 91.2 cm³/mol. The van der Waals surface area contributed by atoms with E-state index in [1.807, 2.05) is 51.1 Å². The fraction of sp³-hybridized carbons (Fsp3) is 0.556. The first-order chi connectivity index (χ1) is 10.5. The Morgan fingerprint density at radius 2 is 1.61 bits per heavy atom. The van der Waals surface area contributed by atoms with E-state index in [9.17, 15) is 9.59 Å². The molecule has 0 saturated heterocycles. The van der Waals surface area contributed by atoms with E-state index in [1.165, 1.54) is 0 Å². The summed E-state index contributed by atoms with van der Waals surface area (Å²) in [6.07, 6.45) is -0.190. The van der Waals surface area contributed by atoms with Crippen molar-refractivity contribution in [2.75, 3.05) is 0 Å². The highest BCUT2D eigenvalue weighted by molar-refractivity contribution is 5.86. The summed E-state index contributed by atoms with van der Waals surface area (Å²) in [5.74, 6) is -0.229. The van der Waals surface area contributed by atoms with Crippen LogP contribution in [-0.2, 0) is 16.0 Å². The molecule has 1 aromatic carbocycles. The largest absolute Gasteiger partial charge is 0.444 e. The minimum absolute atomic E-state index is 0.229. The number of rotatable bonds is 4. The predicted octanol–water partition coefficient (Wildman–Crippen LogP) is 3.04. The Bertz CT molecular complexity index is 527. The van der Waals surface area contributed by atoms with Crippen molar-refractivity contribution in [3.63, 3.8) is 0 Å². The molecular weight excluding hydrogens is 292 g/mol. The van der Waals surface area contributed by atoms with Crippen LogP contribution in [0.2, 0.25) is 0 Å². The van der Waals surface area contributed by atoms with Crippen LogP contribution in [0.5, 0.6) is 0 Å². The highest BCUT2D eigenvalue weighted by Crippen LogP contribution is 2.09. The van der Waals surface area contributed by atoms with E-state index < -0.39 is 17.7 Å². The van der Waals surface area contributed by atoms with Crippen LogP contribution in [0.15, 0.2) is 30.3 Å². The average molecular weight is 320 g/mol. The fourth-order valence-electron chi connectivity index (χ4n) is 1.97. The summed E-state index contributed by atoms with van der Waals surface area (Å²) in [6, 6.07) is 8.88. The molecule has 0 fully saturated rings. The number of hydrogen-bond acceptors (Lipinski definition) is 3. The third kappa shape index (κ3) is 8.24. The number of hydrogen-bond donors (Lipinski definition) is 2. The minimum atomic E-state index is -0.688. The van der Waals surface area contributed by atoms with E-state index in [0.29, 0.717) is 6.42 Å². The molecule has 2 N–H and O–H groups in total. The number of benzene rings is 1. The number of carbonyl (C=O) groups excluding carboxylic acids is 2. The molecule has 128 valence electrons. The van der Waals surface area contributed by atoms with Crippen molar-refractivity contribution in [1.29, 1.82) is 0 Å². The molecule has 23 heavy (non-hydrogen) atoms. The SMILES string of the molecule is CC(C)(C)NC(=O)C(Cc1ccccc1)NC(=O)OC(C)(C)C. The van der Waals surface area contributed by atoms with E-state index in [4.69, 9.17) is 4.74 Å². The van der Waals surface area contributed by atoms with Crippen molar-refractivity contribution >= 4 is 12.0 Å². The molecule has 1 atom stereocenters. The van der Waals surface area contributed by atoms with Crippen LogP contribution in [0.4, 0.5) is 4.79 Å². The Labute approximate surface area is 138 Å². The monoisotopic (exact) mass is 320 g/mol. The lowest BCUT2D eigenvalue weighted by Gasteiger charge is -2.27. The maximum atomic E-state index is 12.5. The van der Waals surface area contributed by atoms with Gasteiger partial charge in [-0.2, -0.15) is 0 Å². The zero-order chi connectivity index (χ0) is 17.7. The van der Waals surface area contributed by atoms with Gasteiger partial charge in [0.25, 0.3) is 0 Å². The van der Waals surface area contributed by atoms with E-state index >= 15 is 0 Å². The molecule has 5 heteroatoms. The maximum absolute atomic E-state index is 12.5. The first-order valence-corrected chi connectivity index (χ1v) is 7.82. The van der Waals surface area contributed by atoms with Gasteiger partial charge < -0.3 is 15.4 Å². The quantitative estimate of drug-likeness (QED) is 0.896. The molecule has 1 rings (SSSR count). The normalized spacial score (nSPS) is 13.1. The molecule has 2 amide bonds. The third-order valence-corrected chi connectivity index (χ3v) is 2.79. The summed E-state index contributed by atoms with van der Waals surface area (Å²) in [5.41, 5.74) is -0.0126. The van der Waals surface area contributed by atoms with Gasteiger partial charge in [0.15, 0.2) is 0 Å². The van der Waals surface area contributed by atoms with E-state index in [-0.39, 0.29) is 11.4 Å². The smallest absolute Gasteiger partial charge is 0.408 e. The topological polar surface area (TPSA) is 67.4 Å². The van der Waals surface area contributed by atoms with Crippen molar-refractivity contribution in [2.45, 2.75) is 65.1 Å². The van der Waals surface area contributed by atoms with Crippen molar-refractivity contribution in [1.82, 2.24) is 10.6 Å². The average Bonchev–Trinajstić information content (AvgIpc) is 2.34. The number of carbonyl (C=O) groups is 2. The molecule has 0 saturated carbocycles. The summed E-state index contributed by atoms with van der Waals surface area (Å²) in [6.45, 7) is 11.1. The van der Waals surface area contributed by atoms with Gasteiger partial charge in [0.05, 0.1) is 0 Å². The van der Waals surface area contributed by atoms with Crippen LogP contribution >= 0.6 is 0 Å². The van der Waals surface area contributed by atoms with Crippen molar-refractivity contribution < 1.29 is 14.3 Å². The zero-order valence-corrected chi connectivity index (χ0v) is 14.9. The summed E-state index contributed by atoms with van der Waals surface area (Å²) in [5, 5.41) is 5.57. The highest BCUT2D eigenvalue weighted by Gasteiger charge is 2.27. The van der Waals surface area contributed by atoms with Gasteiger partial charge in [-0.3, -0.25) is 4.79 Å². The Morgan fingerprint density at radius 3 is 2.09 bits per heavy atom. The minimum Gasteiger partial charge on any atom is -0.444 e. The third-order valence-electron chi connectivity index (χ3n) is 2.79. The van der Waals surface area contributed by atoms with Crippen LogP contribution in [-0.4, -0.2) is 29.2 Å². The maximum Gasteiger partial charge on any atom is 0.408 e. The summed E-state index contributed by atoms with van der Waals surface area (Å²) in [4.78, 5) is 24.5. The number of nitrogens with one attached hydrogen (secondary N) is 2. The number of alkyl carbamates (subject to hydrolysis) is 1. The summed E-state index contributed by atoms with van der Waals surface area (Å²) in [7, 11) is 0. The van der Waals surface area contributed by atoms with Crippen LogP contribution < -0.4 is 10.6 Å². The Balaban J connectivity index is 2.83. The van der Waals surface area contributed by atoms with Crippen molar-refractivity contribution in [3.8, 4) is 0 Å². The molecule has 0 heterocycles. The first-order valence-electron chi connectivity index (χ1n) is 7.82. The molecule has 0 aliphatic rings. The summed E-state index contributed by atoms with van der Waals surface area (Å²) < 4.78 is 5.26. The van der Waals surface area contributed by atoms with Gasteiger partial charge in [-0.15, -0.1) is 0 Å². The first kappa shape index (κ1) is 19.0. The zero-order valence-electron chi connectivity index (χ0n) is 14.9. The number of ether oxygens (including phenoxy) is 1. The lowest BCUT2D eigenvalue weighted by molar-refractivity contribution is -0.124. The van der Waals surface area contributed by atoms with Crippen LogP contribution in [0.1, 0.15) is 47.1 Å². The second kappa shape index (κ2) is 7.49. The van der Waals surface area contributed by atoms with Crippen LogP contribution in [0.3, 0.4) is 0 Å². The van der Waals surface area contributed by atoms with E-state index in [2.05, 4.69) is 10.6 Å². The van der Waals surface area contributed by atoms with Crippen molar-refractivity contribution in [3.05, 3.63) is 35.9 Å².